The van der Waals surface area contributed by atoms with Crippen LogP contribution in [0.5, 0.6) is 0 Å². The molecule has 0 saturated carbocycles. The third kappa shape index (κ3) is 3.94. The van der Waals surface area contributed by atoms with E-state index < -0.39 is 5.97 Å². The van der Waals surface area contributed by atoms with Crippen LogP contribution in [0.25, 0.3) is 0 Å². The number of aliphatic carboxylic acids is 1. The fourth-order valence-corrected chi connectivity index (χ4v) is 4.98. The lowest BCUT2D eigenvalue weighted by Gasteiger charge is -2.35. The van der Waals surface area contributed by atoms with Crippen molar-refractivity contribution in [2.24, 2.45) is 0 Å². The van der Waals surface area contributed by atoms with E-state index in [-0.39, 0.29) is 18.4 Å². The maximum absolute atomic E-state index is 12.9. The van der Waals surface area contributed by atoms with Crippen LogP contribution in [0.4, 0.5) is 0 Å². The minimum Gasteiger partial charge on any atom is -0.481 e. The van der Waals surface area contributed by atoms with Crippen LogP contribution in [0.1, 0.15) is 71.5 Å². The molecular weight excluding hydrogens is 310 g/mol. The number of rotatable bonds is 4. The lowest BCUT2D eigenvalue weighted by atomic mass is 9.97. The van der Waals surface area contributed by atoms with E-state index in [0.29, 0.717) is 6.42 Å². The molecule has 2 aliphatic rings. The molecule has 0 aromatic carbocycles. The number of aryl methyl sites for hydroxylation is 2. The van der Waals surface area contributed by atoms with E-state index in [0.717, 1.165) is 43.5 Å². The quantitative estimate of drug-likeness (QED) is 0.850. The van der Waals surface area contributed by atoms with Gasteiger partial charge in [0.1, 0.15) is 0 Å². The molecule has 1 atom stereocenters. The number of amides is 1. The van der Waals surface area contributed by atoms with Gasteiger partial charge in [-0.2, -0.15) is 0 Å². The molecule has 3 rings (SSSR count). The van der Waals surface area contributed by atoms with E-state index in [4.69, 9.17) is 5.11 Å². The second kappa shape index (κ2) is 7.47. The average Bonchev–Trinajstić information content (AvgIpc) is 2.83. The highest BCUT2D eigenvalue weighted by Gasteiger charge is 2.29. The van der Waals surface area contributed by atoms with Crippen LogP contribution >= 0.6 is 11.3 Å². The normalized spacial score (nSPS) is 21.6. The van der Waals surface area contributed by atoms with E-state index in [1.807, 2.05) is 4.90 Å². The van der Waals surface area contributed by atoms with Gasteiger partial charge in [-0.25, -0.2) is 0 Å². The monoisotopic (exact) mass is 335 g/mol. The second-order valence-electron chi connectivity index (χ2n) is 6.70. The summed E-state index contributed by atoms with van der Waals surface area (Å²) in [5, 5.41) is 8.92. The summed E-state index contributed by atoms with van der Waals surface area (Å²) < 4.78 is 0. The summed E-state index contributed by atoms with van der Waals surface area (Å²) in [6.45, 7) is 0.770. The van der Waals surface area contributed by atoms with Gasteiger partial charge in [-0.1, -0.05) is 6.42 Å². The van der Waals surface area contributed by atoms with Crippen LogP contribution in [-0.2, 0) is 17.6 Å². The molecule has 1 amide bonds. The third-order valence-corrected chi connectivity index (χ3v) is 6.26. The van der Waals surface area contributed by atoms with Crippen molar-refractivity contribution in [2.75, 3.05) is 6.54 Å². The first-order valence-electron chi connectivity index (χ1n) is 8.79. The van der Waals surface area contributed by atoms with Crippen molar-refractivity contribution in [1.82, 2.24) is 4.90 Å². The van der Waals surface area contributed by atoms with Crippen LogP contribution in [0.3, 0.4) is 0 Å². The van der Waals surface area contributed by atoms with Gasteiger partial charge in [-0.3, -0.25) is 9.59 Å². The molecule has 23 heavy (non-hydrogen) atoms. The first-order chi connectivity index (χ1) is 11.1. The molecule has 1 saturated heterocycles. The van der Waals surface area contributed by atoms with Crippen LogP contribution in [0.15, 0.2) is 6.07 Å². The van der Waals surface area contributed by atoms with Gasteiger partial charge in [0.2, 0.25) is 0 Å². The Kier molecular flexibility index (Phi) is 5.36. The number of thiophene rings is 1. The first-order valence-corrected chi connectivity index (χ1v) is 9.61. The molecular formula is C18H25NO3S. The fourth-order valence-electron chi connectivity index (χ4n) is 3.77. The minimum atomic E-state index is -0.772. The molecule has 0 radical (unpaired) electrons. The van der Waals surface area contributed by atoms with E-state index in [1.165, 1.54) is 29.7 Å². The van der Waals surface area contributed by atoms with Gasteiger partial charge in [0.05, 0.1) is 4.88 Å². The molecule has 1 aromatic rings. The highest BCUT2D eigenvalue weighted by atomic mass is 32.1. The van der Waals surface area contributed by atoms with Gasteiger partial charge in [0, 0.05) is 23.9 Å². The van der Waals surface area contributed by atoms with E-state index in [1.54, 1.807) is 11.3 Å². The average molecular weight is 335 g/mol. The third-order valence-electron chi connectivity index (χ3n) is 5.04. The maximum Gasteiger partial charge on any atom is 0.303 e. The highest BCUT2D eigenvalue weighted by Crippen LogP contribution is 2.31. The summed E-state index contributed by atoms with van der Waals surface area (Å²) in [7, 11) is 0. The van der Waals surface area contributed by atoms with Crippen molar-refractivity contribution >= 4 is 23.2 Å². The Labute approximate surface area is 141 Å². The number of hydrogen-bond acceptors (Lipinski definition) is 3. The van der Waals surface area contributed by atoms with Gasteiger partial charge < -0.3 is 10.0 Å². The molecule has 0 bridgehead atoms. The topological polar surface area (TPSA) is 57.6 Å². The van der Waals surface area contributed by atoms with Crippen LogP contribution < -0.4 is 0 Å². The van der Waals surface area contributed by atoms with E-state index in [9.17, 15) is 9.59 Å². The molecule has 1 aliphatic heterocycles. The predicted octanol–water partition coefficient (Wildman–Crippen LogP) is 3.88. The summed E-state index contributed by atoms with van der Waals surface area (Å²) in [6, 6.07) is 2.20. The molecule has 1 aliphatic carbocycles. The Morgan fingerprint density at radius 3 is 2.83 bits per heavy atom. The van der Waals surface area contributed by atoms with Gasteiger partial charge in [-0.15, -0.1) is 11.3 Å². The van der Waals surface area contributed by atoms with Gasteiger partial charge in [0.15, 0.2) is 0 Å². The zero-order chi connectivity index (χ0) is 16.2. The molecule has 1 unspecified atom stereocenters. The summed E-state index contributed by atoms with van der Waals surface area (Å²) >= 11 is 1.67. The Bertz CT molecular complexity index is 557. The number of piperidine rings is 1. The zero-order valence-electron chi connectivity index (χ0n) is 13.6. The van der Waals surface area contributed by atoms with Crippen molar-refractivity contribution in [3.05, 3.63) is 21.4 Å². The number of carbonyl (C=O) groups is 2. The van der Waals surface area contributed by atoms with Crippen LogP contribution in [0.2, 0.25) is 0 Å². The van der Waals surface area contributed by atoms with Gasteiger partial charge >= 0.3 is 5.97 Å². The van der Waals surface area contributed by atoms with Crippen LogP contribution in [0, 0.1) is 0 Å². The largest absolute Gasteiger partial charge is 0.481 e. The number of carbonyl (C=O) groups excluding carboxylic acids is 1. The summed E-state index contributed by atoms with van der Waals surface area (Å²) in [5.74, 6) is -0.649. The molecule has 1 fully saturated rings. The SMILES string of the molecule is O=C(O)CCC1CCCCN1C(=O)c1cc2c(s1)CCCCC2. The van der Waals surface area contributed by atoms with Crippen molar-refractivity contribution in [2.45, 2.75) is 70.3 Å². The minimum absolute atomic E-state index is 0.0919. The van der Waals surface area contributed by atoms with E-state index in [2.05, 4.69) is 6.07 Å². The molecule has 5 heteroatoms. The summed E-state index contributed by atoms with van der Waals surface area (Å²) in [5.41, 5.74) is 1.37. The molecule has 4 nitrogen and oxygen atoms in total. The Balaban J connectivity index is 1.73. The predicted molar refractivity (Wildman–Crippen MR) is 91.1 cm³/mol. The number of carboxylic acids is 1. The molecule has 0 spiro atoms. The second-order valence-corrected chi connectivity index (χ2v) is 7.84. The van der Waals surface area contributed by atoms with Gasteiger partial charge in [0.25, 0.3) is 5.91 Å². The smallest absolute Gasteiger partial charge is 0.303 e. The Hall–Kier alpha value is -1.36. The van der Waals surface area contributed by atoms with Crippen LogP contribution in [-0.4, -0.2) is 34.5 Å². The lowest BCUT2D eigenvalue weighted by molar-refractivity contribution is -0.137. The Morgan fingerprint density at radius 1 is 1.17 bits per heavy atom. The zero-order valence-corrected chi connectivity index (χ0v) is 14.4. The number of fused-ring (bicyclic) bond motifs is 1. The molecule has 126 valence electrons. The highest BCUT2D eigenvalue weighted by molar-refractivity contribution is 7.14. The van der Waals surface area contributed by atoms with E-state index >= 15 is 0 Å². The maximum atomic E-state index is 12.9. The molecule has 1 N–H and O–H groups in total. The Morgan fingerprint density at radius 2 is 2.00 bits per heavy atom. The lowest BCUT2D eigenvalue weighted by Crippen LogP contribution is -2.43. The number of hydrogen-bond donors (Lipinski definition) is 1. The number of nitrogens with zero attached hydrogens (tertiary/aromatic N) is 1. The molecule has 1 aromatic heterocycles. The fraction of sp³-hybridized carbons (Fsp3) is 0.667. The van der Waals surface area contributed by atoms with Crippen molar-refractivity contribution in [1.29, 1.82) is 0 Å². The first kappa shape index (κ1) is 16.5. The van der Waals surface area contributed by atoms with Crippen molar-refractivity contribution in [3.63, 3.8) is 0 Å². The summed E-state index contributed by atoms with van der Waals surface area (Å²) in [4.78, 5) is 28.0. The number of carboxylic acid groups (broad SMARTS) is 1. The van der Waals surface area contributed by atoms with Gasteiger partial charge in [-0.05, 0) is 63.0 Å². The molecule has 2 heterocycles. The summed E-state index contributed by atoms with van der Waals surface area (Å²) in [6.07, 6.45) is 9.72. The number of likely N-dealkylation sites (tertiary alicyclic amines) is 1. The van der Waals surface area contributed by atoms with Crippen molar-refractivity contribution in [3.8, 4) is 0 Å². The standard InChI is InChI=1S/C18H25NO3S/c20-17(21)10-9-14-7-4-5-11-19(14)18(22)16-12-13-6-2-1-3-8-15(13)23-16/h12,14H,1-11H2,(H,20,21). The van der Waals surface area contributed by atoms with Crippen molar-refractivity contribution < 1.29 is 14.7 Å².